The molecule has 0 saturated heterocycles. The second-order valence-corrected chi connectivity index (χ2v) is 11.7. The SMILES string of the molecule is CC1C2CC(CC(OCOC3C4CC5CC(C4)CC3C5)(C(F)(F)F)C(F)(F)F)C(C2)C1C. The standard InChI is InChI=1S/C24H34F6O2/c1-12-13(2)20-9-16(12)8-19(20)10-22(23(25,26)27,24(28,29)30)32-11-31-21-17-4-14-3-15(6-17)7-18(21)5-14/h12-21H,3-11H2,1-2H3. The Labute approximate surface area is 185 Å². The Morgan fingerprint density at radius 3 is 1.72 bits per heavy atom. The summed E-state index contributed by atoms with van der Waals surface area (Å²) in [6.45, 7) is 3.07. The summed E-state index contributed by atoms with van der Waals surface area (Å²) in [5, 5.41) is 0. The van der Waals surface area contributed by atoms with Gasteiger partial charge in [-0.3, -0.25) is 0 Å². The summed E-state index contributed by atoms with van der Waals surface area (Å²) >= 11 is 0. The van der Waals surface area contributed by atoms with Crippen LogP contribution in [-0.2, 0) is 9.47 Å². The second-order valence-electron chi connectivity index (χ2n) is 11.7. The van der Waals surface area contributed by atoms with Gasteiger partial charge in [0.1, 0.15) is 6.79 Å². The van der Waals surface area contributed by atoms with Gasteiger partial charge in [-0.25, -0.2) is 0 Å². The van der Waals surface area contributed by atoms with E-state index in [1.54, 1.807) is 0 Å². The van der Waals surface area contributed by atoms with Crippen LogP contribution in [0.2, 0.25) is 0 Å². The highest BCUT2D eigenvalue weighted by atomic mass is 19.4. The van der Waals surface area contributed by atoms with Crippen LogP contribution in [-0.4, -0.2) is 30.9 Å². The van der Waals surface area contributed by atoms with E-state index in [0.29, 0.717) is 24.2 Å². The summed E-state index contributed by atoms with van der Waals surface area (Å²) in [4.78, 5) is 0. The molecule has 6 bridgehead atoms. The third-order valence-corrected chi connectivity index (χ3v) is 10.2. The molecule has 0 aromatic heterocycles. The Hall–Kier alpha value is -0.500. The van der Waals surface area contributed by atoms with Crippen molar-refractivity contribution in [1.82, 2.24) is 0 Å². The van der Waals surface area contributed by atoms with E-state index in [4.69, 9.17) is 9.47 Å². The van der Waals surface area contributed by atoms with Crippen LogP contribution in [0.3, 0.4) is 0 Å². The number of hydrogen-bond donors (Lipinski definition) is 0. The van der Waals surface area contributed by atoms with Gasteiger partial charge in [0.25, 0.3) is 5.60 Å². The Morgan fingerprint density at radius 1 is 0.688 bits per heavy atom. The molecule has 5 unspecified atom stereocenters. The molecular weight excluding hydrogens is 434 g/mol. The van der Waals surface area contributed by atoms with Gasteiger partial charge in [-0.15, -0.1) is 0 Å². The van der Waals surface area contributed by atoms with Gasteiger partial charge in [-0.05, 0) is 105 Å². The fraction of sp³-hybridized carbons (Fsp3) is 1.00. The van der Waals surface area contributed by atoms with Crippen molar-refractivity contribution >= 4 is 0 Å². The number of halogens is 6. The van der Waals surface area contributed by atoms with Gasteiger partial charge in [0.15, 0.2) is 0 Å². The molecule has 0 aromatic carbocycles. The van der Waals surface area contributed by atoms with E-state index >= 15 is 0 Å². The number of rotatable bonds is 6. The Balaban J connectivity index is 1.31. The third kappa shape index (κ3) is 3.61. The van der Waals surface area contributed by atoms with Crippen molar-refractivity contribution in [3.8, 4) is 0 Å². The zero-order valence-electron chi connectivity index (χ0n) is 18.7. The van der Waals surface area contributed by atoms with Gasteiger partial charge in [0.2, 0.25) is 0 Å². The van der Waals surface area contributed by atoms with Crippen molar-refractivity contribution in [3.05, 3.63) is 0 Å². The molecule has 6 rings (SSSR count). The molecule has 0 N–H and O–H groups in total. The molecule has 6 saturated carbocycles. The van der Waals surface area contributed by atoms with Gasteiger partial charge in [-0.1, -0.05) is 13.8 Å². The predicted molar refractivity (Wildman–Crippen MR) is 105 cm³/mol. The molecule has 6 fully saturated rings. The monoisotopic (exact) mass is 468 g/mol. The Bertz CT molecular complexity index is 660. The summed E-state index contributed by atoms with van der Waals surface area (Å²) in [6, 6.07) is 0. The zero-order valence-corrected chi connectivity index (χ0v) is 18.7. The maximum atomic E-state index is 14.1. The van der Waals surface area contributed by atoms with E-state index in [-0.39, 0.29) is 35.7 Å². The molecule has 0 spiro atoms. The van der Waals surface area contributed by atoms with E-state index in [1.165, 1.54) is 6.42 Å². The summed E-state index contributed by atoms with van der Waals surface area (Å²) in [5.41, 5.74) is -4.16. The van der Waals surface area contributed by atoms with Gasteiger partial charge in [0, 0.05) is 0 Å². The average Bonchev–Trinajstić information content (AvgIpc) is 3.19. The van der Waals surface area contributed by atoms with Crippen molar-refractivity contribution in [2.24, 2.45) is 53.3 Å². The second kappa shape index (κ2) is 7.76. The number of hydrogen-bond acceptors (Lipinski definition) is 2. The fourth-order valence-corrected chi connectivity index (χ4v) is 8.67. The van der Waals surface area contributed by atoms with Crippen molar-refractivity contribution in [2.45, 2.75) is 89.3 Å². The van der Waals surface area contributed by atoms with E-state index in [1.807, 2.05) is 6.92 Å². The molecule has 0 aliphatic heterocycles. The molecular formula is C24H34F6O2. The van der Waals surface area contributed by atoms with Gasteiger partial charge in [-0.2, -0.15) is 26.3 Å². The average molecular weight is 469 g/mol. The van der Waals surface area contributed by atoms with Crippen molar-refractivity contribution < 1.29 is 35.8 Å². The minimum absolute atomic E-state index is 0.104. The first-order valence-electron chi connectivity index (χ1n) is 12.3. The fourth-order valence-electron chi connectivity index (χ4n) is 8.67. The van der Waals surface area contributed by atoms with Crippen molar-refractivity contribution in [1.29, 1.82) is 0 Å². The lowest BCUT2D eigenvalue weighted by Gasteiger charge is -2.54. The molecule has 184 valence electrons. The molecule has 0 heterocycles. The molecule has 6 aliphatic rings. The van der Waals surface area contributed by atoms with Crippen molar-refractivity contribution in [2.75, 3.05) is 6.79 Å². The quantitative estimate of drug-likeness (QED) is 0.309. The molecule has 0 radical (unpaired) electrons. The summed E-state index contributed by atoms with van der Waals surface area (Å²) in [5.74, 6) is 1.75. The molecule has 6 aliphatic carbocycles. The van der Waals surface area contributed by atoms with Crippen LogP contribution in [0, 0.1) is 53.3 Å². The highest BCUT2D eigenvalue weighted by Gasteiger charge is 2.73. The lowest BCUT2D eigenvalue weighted by Crippen LogP contribution is -2.60. The normalized spacial score (nSPS) is 45.8. The van der Waals surface area contributed by atoms with E-state index < -0.39 is 37.1 Å². The molecule has 5 atom stereocenters. The van der Waals surface area contributed by atoms with E-state index in [9.17, 15) is 26.3 Å². The summed E-state index contributed by atoms with van der Waals surface area (Å²) < 4.78 is 95.1. The minimum atomic E-state index is -5.55. The Kier molecular flexibility index (Phi) is 5.64. The number of ether oxygens (including phenoxy) is 2. The van der Waals surface area contributed by atoms with Crippen LogP contribution in [0.15, 0.2) is 0 Å². The largest absolute Gasteiger partial charge is 0.426 e. The van der Waals surface area contributed by atoms with E-state index in [0.717, 1.165) is 32.1 Å². The van der Waals surface area contributed by atoms with Crippen LogP contribution in [0.5, 0.6) is 0 Å². The predicted octanol–water partition coefficient (Wildman–Crippen LogP) is 6.98. The van der Waals surface area contributed by atoms with Crippen LogP contribution in [0.25, 0.3) is 0 Å². The third-order valence-electron chi connectivity index (χ3n) is 10.2. The molecule has 8 heteroatoms. The van der Waals surface area contributed by atoms with Crippen LogP contribution in [0.1, 0.15) is 65.2 Å². The first kappa shape index (κ1) is 23.3. The lowest BCUT2D eigenvalue weighted by molar-refractivity contribution is -0.402. The molecule has 32 heavy (non-hydrogen) atoms. The maximum absolute atomic E-state index is 14.1. The van der Waals surface area contributed by atoms with Gasteiger partial charge in [0.05, 0.1) is 6.10 Å². The van der Waals surface area contributed by atoms with Crippen LogP contribution >= 0.6 is 0 Å². The lowest BCUT2D eigenvalue weighted by atomic mass is 9.55. The minimum Gasteiger partial charge on any atom is -0.352 e. The highest BCUT2D eigenvalue weighted by molar-refractivity contribution is 5.04. The summed E-state index contributed by atoms with van der Waals surface area (Å²) in [6.07, 6.45) is -6.16. The zero-order chi connectivity index (χ0) is 23.1. The summed E-state index contributed by atoms with van der Waals surface area (Å²) in [7, 11) is 0. The smallest absolute Gasteiger partial charge is 0.352 e. The first-order chi connectivity index (χ1) is 14.9. The number of fused-ring (bicyclic) bond motifs is 2. The Morgan fingerprint density at radius 2 is 1.25 bits per heavy atom. The topological polar surface area (TPSA) is 18.5 Å². The number of alkyl halides is 6. The van der Waals surface area contributed by atoms with Gasteiger partial charge < -0.3 is 9.47 Å². The van der Waals surface area contributed by atoms with Crippen LogP contribution < -0.4 is 0 Å². The molecule has 0 amide bonds. The molecule has 2 nitrogen and oxygen atoms in total. The van der Waals surface area contributed by atoms with Crippen molar-refractivity contribution in [3.63, 3.8) is 0 Å². The highest BCUT2D eigenvalue weighted by Crippen LogP contribution is 2.60. The van der Waals surface area contributed by atoms with Gasteiger partial charge >= 0.3 is 12.4 Å². The maximum Gasteiger partial charge on any atom is 0.426 e. The first-order valence-corrected chi connectivity index (χ1v) is 12.3. The van der Waals surface area contributed by atoms with E-state index in [2.05, 4.69) is 6.92 Å². The molecule has 0 aromatic rings. The van der Waals surface area contributed by atoms with Crippen LogP contribution in [0.4, 0.5) is 26.3 Å².